The maximum absolute atomic E-state index is 10.5. The molecule has 0 radical (unpaired) electrons. The van der Waals surface area contributed by atoms with Gasteiger partial charge in [0.15, 0.2) is 0 Å². The van der Waals surface area contributed by atoms with E-state index in [4.69, 9.17) is 0 Å². The molecule has 0 saturated heterocycles. The van der Waals surface area contributed by atoms with Crippen LogP contribution in [-0.2, 0) is 0 Å². The standard InChI is InChI=1S/BF4H2P/c1-6(2,3,4)5/h1H2. The van der Waals surface area contributed by atoms with Crippen molar-refractivity contribution in [3.63, 3.8) is 0 Å². The van der Waals surface area contributed by atoms with Gasteiger partial charge in [-0.25, -0.2) is 0 Å². The van der Waals surface area contributed by atoms with E-state index in [2.05, 4.69) is 0 Å². The Morgan fingerprint density at radius 3 is 1.00 bits per heavy atom. The summed E-state index contributed by atoms with van der Waals surface area (Å²) < 4.78 is 42.0. The van der Waals surface area contributed by atoms with Crippen molar-refractivity contribution in [3.8, 4) is 0 Å². The van der Waals surface area contributed by atoms with Crippen LogP contribution in [0.5, 0.6) is 0 Å². The molecule has 0 unspecified atom stereocenters. The molecule has 6 heavy (non-hydrogen) atoms. The van der Waals surface area contributed by atoms with E-state index in [1.54, 1.807) is 0 Å². The molecule has 0 aliphatic rings. The van der Waals surface area contributed by atoms with Gasteiger partial charge in [0, 0.05) is 0 Å². The normalized spacial score (nSPS) is 19.0. The van der Waals surface area contributed by atoms with Gasteiger partial charge in [0.1, 0.15) is 0 Å². The van der Waals surface area contributed by atoms with E-state index < -0.39 is 7.72 Å². The van der Waals surface area contributed by atoms with Crippen LogP contribution in [0.25, 0.3) is 0 Å². The number of halogens is 4. The van der Waals surface area contributed by atoms with Crippen molar-refractivity contribution in [1.82, 2.24) is 0 Å². The fourth-order valence-corrected chi connectivity index (χ4v) is 0. The molecule has 0 nitrogen and oxygen atoms in total. The van der Waals surface area contributed by atoms with Crippen LogP contribution >= 0.6 is 7.72 Å². The van der Waals surface area contributed by atoms with Crippen molar-refractivity contribution in [3.05, 3.63) is 0 Å². The van der Waals surface area contributed by atoms with Crippen LogP contribution in [0.3, 0.4) is 0 Å². The Labute approximate surface area is 33.3 Å². The van der Waals surface area contributed by atoms with Gasteiger partial charge in [-0.15, -0.1) is 0 Å². The topological polar surface area (TPSA) is 0 Å². The third-order valence-corrected chi connectivity index (χ3v) is 0. The van der Waals surface area contributed by atoms with Gasteiger partial charge in [-0.1, -0.05) is 0 Å². The summed E-state index contributed by atoms with van der Waals surface area (Å²) in [5, 5.41) is 0. The molecule has 0 rings (SSSR count). The first-order valence-electron chi connectivity index (χ1n) is 1.12. The van der Waals surface area contributed by atoms with E-state index in [-0.39, 0.29) is 7.57 Å². The average Bonchev–Trinajstić information content (AvgIpc) is 0.650. The van der Waals surface area contributed by atoms with E-state index in [9.17, 15) is 16.8 Å². The van der Waals surface area contributed by atoms with Gasteiger partial charge in [-0.2, -0.15) is 0 Å². The van der Waals surface area contributed by atoms with Crippen molar-refractivity contribution in [2.45, 2.75) is 0 Å². The van der Waals surface area contributed by atoms with Gasteiger partial charge >= 0.3 is 32.1 Å². The fraction of sp³-hybridized carbons (Fsp3) is 0. The van der Waals surface area contributed by atoms with Crippen molar-refractivity contribution < 1.29 is 16.8 Å². The zero-order valence-corrected chi connectivity index (χ0v) is 3.85. The van der Waals surface area contributed by atoms with Crippen LogP contribution in [0.2, 0.25) is 0 Å². The van der Waals surface area contributed by atoms with Gasteiger partial charge < -0.3 is 0 Å². The van der Waals surface area contributed by atoms with E-state index in [1.165, 1.54) is 0 Å². The van der Waals surface area contributed by atoms with E-state index in [0.717, 1.165) is 0 Å². The molecule has 0 amide bonds. The number of hydrogen-bond acceptors (Lipinski definition) is 0. The van der Waals surface area contributed by atoms with Crippen LogP contribution in [-0.4, -0.2) is 7.57 Å². The van der Waals surface area contributed by atoms with Gasteiger partial charge in [-0.05, 0) is 0 Å². The first-order valence-corrected chi connectivity index (χ1v) is 3.37. The van der Waals surface area contributed by atoms with E-state index in [1.807, 2.05) is 0 Å². The van der Waals surface area contributed by atoms with Gasteiger partial charge in [0.25, 0.3) is 0 Å². The molecule has 0 atom stereocenters. The number of hydrogen-bond donors (Lipinski definition) is 0. The Morgan fingerprint density at radius 2 is 1.00 bits per heavy atom. The second-order valence-corrected chi connectivity index (χ2v) is 3.18. The third kappa shape index (κ3) is 943. The Kier molecular flexibility index (Phi) is 0.920. The van der Waals surface area contributed by atoms with Crippen LogP contribution in [0.1, 0.15) is 0 Å². The minimum absolute atomic E-state index is 0.328. The summed E-state index contributed by atoms with van der Waals surface area (Å²) in [5.41, 5.74) is 0. The zero-order valence-electron chi connectivity index (χ0n) is 2.96. The van der Waals surface area contributed by atoms with Gasteiger partial charge in [-0.3, -0.25) is 0 Å². The molecule has 0 aliphatic carbocycles. The Bertz CT molecular complexity index is 40.7. The molecule has 0 aliphatic heterocycles. The summed E-state index contributed by atoms with van der Waals surface area (Å²) in [7, 11) is -7.38. The first-order chi connectivity index (χ1) is 2.24. The zero-order chi connectivity index (χ0) is 5.45. The van der Waals surface area contributed by atoms with Crippen molar-refractivity contribution >= 4 is 15.3 Å². The summed E-state index contributed by atoms with van der Waals surface area (Å²) in [5.74, 6) is 0. The predicted octanol–water partition coefficient (Wildman–Crippen LogP) is 1.63. The second kappa shape index (κ2) is 0.888. The monoisotopic (exact) mass is 120 g/mol. The Balaban J connectivity index is 3.73. The summed E-state index contributed by atoms with van der Waals surface area (Å²) in [6, 6.07) is 0. The Hall–Kier alpha value is 0.215. The fourth-order valence-electron chi connectivity index (χ4n) is 0. The molecule has 0 aromatic rings. The molecule has 6 heteroatoms. The maximum atomic E-state index is 10.5. The molecule has 0 aromatic heterocycles. The van der Waals surface area contributed by atoms with E-state index >= 15 is 0 Å². The van der Waals surface area contributed by atoms with Crippen molar-refractivity contribution in [1.29, 1.82) is 0 Å². The molecule has 0 heterocycles. The van der Waals surface area contributed by atoms with Gasteiger partial charge in [0.05, 0.1) is 0 Å². The van der Waals surface area contributed by atoms with Crippen LogP contribution in [0.4, 0.5) is 16.8 Å². The summed E-state index contributed by atoms with van der Waals surface area (Å²) in [6.45, 7) is 0. The number of rotatable bonds is 0. The molecule has 38 valence electrons. The summed E-state index contributed by atoms with van der Waals surface area (Å²) in [4.78, 5) is 0. The molecular formula is H2BF4P. The molecule has 0 spiro atoms. The predicted molar refractivity (Wildman–Crippen MR) is 19.9 cm³/mol. The molecule has 0 saturated carbocycles. The van der Waals surface area contributed by atoms with Crippen molar-refractivity contribution in [2.24, 2.45) is 0 Å². The van der Waals surface area contributed by atoms with Crippen LogP contribution in [0, 0.1) is 0 Å². The molecule has 0 N–H and O–H groups in total. The van der Waals surface area contributed by atoms with Crippen LogP contribution in [0.15, 0.2) is 0 Å². The first kappa shape index (κ1) is 6.21. The molecule has 0 fully saturated rings. The van der Waals surface area contributed by atoms with E-state index in [0.29, 0.717) is 0 Å². The SMILES string of the molecule is BP(F)(F)(F)F. The molecule has 0 bridgehead atoms. The molecular weight excluding hydrogens is 118 g/mol. The van der Waals surface area contributed by atoms with Crippen LogP contribution < -0.4 is 0 Å². The average molecular weight is 120 g/mol. The molecule has 0 aromatic carbocycles. The second-order valence-electron chi connectivity index (χ2n) is 1.06. The minimum atomic E-state index is -7.05. The quantitative estimate of drug-likeness (QED) is 0.259. The summed E-state index contributed by atoms with van der Waals surface area (Å²) >= 11 is 0. The Morgan fingerprint density at radius 1 is 1.00 bits per heavy atom. The summed E-state index contributed by atoms with van der Waals surface area (Å²) in [6.07, 6.45) is 0. The van der Waals surface area contributed by atoms with Crippen molar-refractivity contribution in [2.75, 3.05) is 0 Å². The van der Waals surface area contributed by atoms with Gasteiger partial charge in [0.2, 0.25) is 0 Å². The third-order valence-electron chi connectivity index (χ3n) is 0.